The van der Waals surface area contributed by atoms with E-state index in [1.54, 1.807) is 17.5 Å². The Morgan fingerprint density at radius 2 is 2.06 bits per heavy atom. The molecule has 0 bridgehead atoms. The molecule has 0 aliphatic heterocycles. The van der Waals surface area contributed by atoms with Gasteiger partial charge in [-0.15, -0.1) is 11.3 Å². The minimum atomic E-state index is -0.0196. The largest absolute Gasteiger partial charge is 0.466 e. The molecule has 5 rings (SSSR count). The highest BCUT2D eigenvalue weighted by Crippen LogP contribution is 2.63. The maximum atomic E-state index is 12.2. The van der Waals surface area contributed by atoms with Crippen LogP contribution in [0.1, 0.15) is 48.4 Å². The zero-order valence-corrected chi connectivity index (χ0v) is 19.5. The quantitative estimate of drug-likeness (QED) is 0.491. The monoisotopic (exact) mass is 448 g/mol. The van der Waals surface area contributed by atoms with E-state index in [1.165, 1.54) is 15.4 Å². The van der Waals surface area contributed by atoms with Crippen LogP contribution in [0.15, 0.2) is 36.7 Å². The van der Waals surface area contributed by atoms with E-state index in [-0.39, 0.29) is 11.9 Å². The molecule has 6 nitrogen and oxygen atoms in total. The third-order valence-electron chi connectivity index (χ3n) is 6.58. The third-order valence-corrected chi connectivity index (χ3v) is 7.73. The molecule has 0 amide bonds. The first-order valence-corrected chi connectivity index (χ1v) is 12.1. The van der Waals surface area contributed by atoms with Crippen molar-refractivity contribution in [1.29, 1.82) is 0 Å². The lowest BCUT2D eigenvalue weighted by Crippen LogP contribution is -2.21. The molecule has 4 unspecified atom stereocenters. The number of nitrogens with one attached hydrogen (secondary N) is 1. The summed E-state index contributed by atoms with van der Waals surface area (Å²) in [5.74, 6) is 2.39. The Kier molecular flexibility index (Phi) is 5.67. The Balaban J connectivity index is 1.31. The molecule has 0 spiro atoms. The van der Waals surface area contributed by atoms with Gasteiger partial charge in [0.2, 0.25) is 5.95 Å². The zero-order valence-electron chi connectivity index (χ0n) is 18.7. The zero-order chi connectivity index (χ0) is 22.2. The fourth-order valence-corrected chi connectivity index (χ4v) is 6.21. The Labute approximate surface area is 192 Å². The molecule has 2 aliphatic rings. The van der Waals surface area contributed by atoms with E-state index in [0.717, 1.165) is 36.2 Å². The lowest BCUT2D eigenvalue weighted by atomic mass is 9.89. The molecule has 1 N–H and O–H groups in total. The molecule has 2 heterocycles. The molecule has 4 atom stereocenters. The van der Waals surface area contributed by atoms with Crippen molar-refractivity contribution >= 4 is 28.9 Å². The van der Waals surface area contributed by atoms with E-state index in [9.17, 15) is 4.79 Å². The highest BCUT2D eigenvalue weighted by molar-refractivity contribution is 7.15. The fraction of sp³-hybridized carbons (Fsp3) is 0.440. The van der Waals surface area contributed by atoms with Crippen LogP contribution in [0.5, 0.6) is 0 Å². The van der Waals surface area contributed by atoms with Gasteiger partial charge in [-0.3, -0.25) is 4.79 Å². The van der Waals surface area contributed by atoms with Crippen LogP contribution in [0, 0.1) is 31.6 Å². The van der Waals surface area contributed by atoms with Crippen LogP contribution in [0.2, 0.25) is 0 Å². The second-order valence-electron chi connectivity index (χ2n) is 8.91. The fourth-order valence-electron chi connectivity index (χ4n) is 5.05. The van der Waals surface area contributed by atoms with Crippen LogP contribution in [-0.4, -0.2) is 27.5 Å². The number of fused-ring (bicyclic) bond motifs is 1. The number of thiazole rings is 1. The van der Waals surface area contributed by atoms with Crippen molar-refractivity contribution < 1.29 is 9.53 Å². The molecule has 32 heavy (non-hydrogen) atoms. The molecule has 7 heteroatoms. The Hall–Kier alpha value is -2.80. The van der Waals surface area contributed by atoms with Gasteiger partial charge in [0.25, 0.3) is 0 Å². The SMILES string of the molecule is CCOC(=O)C1CCC2C(C1)C2c1ncc(-c2cc(C)cc(Nc3nccc(C)n3)c2)s1. The number of hydrogen-bond acceptors (Lipinski definition) is 7. The summed E-state index contributed by atoms with van der Waals surface area (Å²) in [4.78, 5) is 26.9. The first kappa shape index (κ1) is 21.1. The maximum Gasteiger partial charge on any atom is 0.308 e. The molecule has 166 valence electrons. The minimum Gasteiger partial charge on any atom is -0.466 e. The molecular weight excluding hydrogens is 420 g/mol. The Bertz CT molecular complexity index is 1140. The maximum absolute atomic E-state index is 12.2. The highest BCUT2D eigenvalue weighted by atomic mass is 32.1. The molecule has 2 saturated carbocycles. The normalized spacial score (nSPS) is 24.0. The summed E-state index contributed by atoms with van der Waals surface area (Å²) in [6, 6.07) is 8.31. The summed E-state index contributed by atoms with van der Waals surface area (Å²) >= 11 is 1.78. The lowest BCUT2D eigenvalue weighted by Gasteiger charge is -2.18. The molecule has 0 saturated heterocycles. The molecule has 0 radical (unpaired) electrons. The molecule has 2 aliphatic carbocycles. The average Bonchev–Trinajstić information content (AvgIpc) is 3.27. The summed E-state index contributed by atoms with van der Waals surface area (Å²) in [7, 11) is 0. The summed E-state index contributed by atoms with van der Waals surface area (Å²) in [6.45, 7) is 6.39. The number of carbonyl (C=O) groups excluding carboxylic acids is 1. The Morgan fingerprint density at radius 1 is 1.19 bits per heavy atom. The van der Waals surface area contributed by atoms with Crippen molar-refractivity contribution in [3.63, 3.8) is 0 Å². The first-order valence-electron chi connectivity index (χ1n) is 11.3. The molecule has 2 fully saturated rings. The average molecular weight is 449 g/mol. The van der Waals surface area contributed by atoms with Gasteiger partial charge in [-0.2, -0.15) is 0 Å². The Morgan fingerprint density at radius 3 is 2.88 bits per heavy atom. The van der Waals surface area contributed by atoms with Crippen molar-refractivity contribution in [2.75, 3.05) is 11.9 Å². The van der Waals surface area contributed by atoms with Crippen LogP contribution >= 0.6 is 11.3 Å². The molecular formula is C25H28N4O2S. The number of aromatic nitrogens is 3. The number of rotatable bonds is 6. The first-order chi connectivity index (χ1) is 15.5. The molecule has 2 aromatic heterocycles. The number of aryl methyl sites for hydroxylation is 2. The number of ether oxygens (including phenoxy) is 1. The van der Waals surface area contributed by atoms with Crippen molar-refractivity contribution in [2.45, 2.75) is 46.0 Å². The van der Waals surface area contributed by atoms with Crippen molar-refractivity contribution in [1.82, 2.24) is 15.0 Å². The predicted octanol–water partition coefficient (Wildman–Crippen LogP) is 5.65. The summed E-state index contributed by atoms with van der Waals surface area (Å²) in [5, 5.41) is 4.53. The van der Waals surface area contributed by atoms with Gasteiger partial charge in [-0.1, -0.05) is 6.07 Å². The number of hydrogen-bond donors (Lipinski definition) is 1. The second-order valence-corrected chi connectivity index (χ2v) is 9.97. The number of carbonyl (C=O) groups is 1. The van der Waals surface area contributed by atoms with Crippen LogP contribution in [0.3, 0.4) is 0 Å². The van der Waals surface area contributed by atoms with E-state index in [0.29, 0.717) is 30.3 Å². The summed E-state index contributed by atoms with van der Waals surface area (Å²) in [5.41, 5.74) is 4.22. The third kappa shape index (κ3) is 4.26. The minimum absolute atomic E-state index is 0.0196. The summed E-state index contributed by atoms with van der Waals surface area (Å²) in [6.07, 6.45) is 6.75. The second kappa shape index (κ2) is 8.62. The van der Waals surface area contributed by atoms with E-state index < -0.39 is 0 Å². The predicted molar refractivity (Wildman–Crippen MR) is 126 cm³/mol. The molecule has 1 aromatic carbocycles. The van der Waals surface area contributed by atoms with Crippen molar-refractivity contribution in [3.8, 4) is 10.4 Å². The van der Waals surface area contributed by atoms with Crippen LogP contribution in [-0.2, 0) is 9.53 Å². The van der Waals surface area contributed by atoms with E-state index in [4.69, 9.17) is 9.72 Å². The van der Waals surface area contributed by atoms with E-state index in [1.807, 2.05) is 26.1 Å². The van der Waals surface area contributed by atoms with Crippen LogP contribution in [0.4, 0.5) is 11.6 Å². The highest BCUT2D eigenvalue weighted by Gasteiger charge is 2.55. The standard InChI is InChI=1S/C25H28N4O2S/c1-4-31-24(30)16-5-6-19-20(12-16)22(19)23-27-13-21(32-23)17-9-14(2)10-18(11-17)29-25-26-8-7-15(3)28-25/h7-11,13,16,19-20,22H,4-6,12H2,1-3H3,(H,26,28,29). The van der Waals surface area contributed by atoms with Gasteiger partial charge in [0.15, 0.2) is 0 Å². The van der Waals surface area contributed by atoms with Gasteiger partial charge in [0.05, 0.1) is 22.4 Å². The number of nitrogens with zero attached hydrogens (tertiary/aromatic N) is 3. The lowest BCUT2D eigenvalue weighted by molar-refractivity contribution is -0.149. The van der Waals surface area contributed by atoms with Crippen LogP contribution < -0.4 is 5.32 Å². The van der Waals surface area contributed by atoms with Crippen molar-refractivity contribution in [3.05, 3.63) is 52.9 Å². The van der Waals surface area contributed by atoms with Gasteiger partial charge >= 0.3 is 5.97 Å². The van der Waals surface area contributed by atoms with Gasteiger partial charge in [-0.05, 0) is 81.2 Å². The summed E-state index contributed by atoms with van der Waals surface area (Å²) < 4.78 is 5.26. The van der Waals surface area contributed by atoms with Gasteiger partial charge < -0.3 is 10.1 Å². The number of anilines is 2. The topological polar surface area (TPSA) is 77.0 Å². The number of benzene rings is 1. The van der Waals surface area contributed by atoms with Crippen LogP contribution in [0.25, 0.3) is 10.4 Å². The van der Waals surface area contributed by atoms with E-state index >= 15 is 0 Å². The smallest absolute Gasteiger partial charge is 0.308 e. The molecule has 3 aromatic rings. The number of esters is 1. The van der Waals surface area contributed by atoms with E-state index in [2.05, 4.69) is 40.4 Å². The van der Waals surface area contributed by atoms with Gasteiger partial charge in [0.1, 0.15) is 0 Å². The van der Waals surface area contributed by atoms with Gasteiger partial charge in [0, 0.05) is 29.7 Å². The van der Waals surface area contributed by atoms with Gasteiger partial charge in [-0.25, -0.2) is 15.0 Å². The van der Waals surface area contributed by atoms with Crippen molar-refractivity contribution in [2.24, 2.45) is 17.8 Å².